The molecule has 1 amide bonds. The fraction of sp³-hybridized carbons (Fsp3) is 0.538. The van der Waals surface area contributed by atoms with E-state index in [1.165, 1.54) is 12.1 Å². The molecule has 35 heavy (non-hydrogen) atoms. The monoisotopic (exact) mass is 505 g/mol. The van der Waals surface area contributed by atoms with Gasteiger partial charge in [0.25, 0.3) is 0 Å². The molecule has 2 aromatic rings. The molecule has 1 spiro atoms. The van der Waals surface area contributed by atoms with Crippen LogP contribution in [0, 0.1) is 6.92 Å². The second-order valence-electron chi connectivity index (χ2n) is 11.0. The van der Waals surface area contributed by atoms with Gasteiger partial charge < -0.3 is 9.64 Å². The first-order chi connectivity index (χ1) is 16.4. The molecular formula is C26H34F3N3O2Si. The number of carbonyl (C=O) groups is 1. The second-order valence-corrected chi connectivity index (χ2v) is 16.6. The Morgan fingerprint density at radius 2 is 1.86 bits per heavy atom. The Morgan fingerprint density at radius 3 is 2.51 bits per heavy atom. The lowest BCUT2D eigenvalue weighted by Crippen LogP contribution is -2.48. The summed E-state index contributed by atoms with van der Waals surface area (Å²) in [6.07, 6.45) is -2.12. The van der Waals surface area contributed by atoms with E-state index in [1.54, 1.807) is 4.90 Å². The molecule has 1 N–H and O–H groups in total. The maximum absolute atomic E-state index is 13.2. The average Bonchev–Trinajstić information content (AvgIpc) is 3.34. The first-order valence-corrected chi connectivity index (χ1v) is 15.9. The summed E-state index contributed by atoms with van der Waals surface area (Å²) in [6, 6.07) is 9.97. The topological polar surface area (TPSA) is 54.5 Å². The summed E-state index contributed by atoms with van der Waals surface area (Å²) in [4.78, 5) is 19.7. The smallest absolute Gasteiger partial charge is 0.361 e. The third kappa shape index (κ3) is 5.95. The molecule has 0 radical (unpaired) electrons. The van der Waals surface area contributed by atoms with E-state index in [0.717, 1.165) is 54.4 Å². The van der Waals surface area contributed by atoms with Gasteiger partial charge in [-0.1, -0.05) is 31.8 Å². The van der Waals surface area contributed by atoms with E-state index in [4.69, 9.17) is 9.72 Å². The Balaban J connectivity index is 1.43. The number of carbonyl (C=O) groups excluding carboxylic acids is 1. The number of ether oxygens (including phenoxy) is 1. The quantitative estimate of drug-likeness (QED) is 0.383. The van der Waals surface area contributed by atoms with Gasteiger partial charge in [0.1, 0.15) is 12.3 Å². The molecule has 2 aliphatic heterocycles. The molecule has 2 saturated heterocycles. The average molecular weight is 506 g/mol. The SMILES string of the molecule is Cc1cc(-c2ccc(C(F)(F)F)cc2)cc([C@H]2CC[C@@]3(CCN(COCC[Si](C)(C)C)C3=O)N2)n1. The van der Waals surface area contributed by atoms with Crippen LogP contribution in [-0.2, 0) is 15.7 Å². The molecule has 1 aromatic heterocycles. The minimum Gasteiger partial charge on any atom is -0.361 e. The van der Waals surface area contributed by atoms with E-state index in [2.05, 4.69) is 25.0 Å². The lowest BCUT2D eigenvalue weighted by Gasteiger charge is -2.25. The Labute approximate surface area is 206 Å². The number of likely N-dealkylation sites (tertiary alicyclic amines) is 1. The molecule has 5 nitrogen and oxygen atoms in total. The molecule has 2 atom stereocenters. The van der Waals surface area contributed by atoms with Crippen LogP contribution in [0.15, 0.2) is 36.4 Å². The first kappa shape index (κ1) is 25.8. The van der Waals surface area contributed by atoms with Crippen molar-refractivity contribution in [2.75, 3.05) is 19.9 Å². The van der Waals surface area contributed by atoms with Gasteiger partial charge in [0.15, 0.2) is 0 Å². The van der Waals surface area contributed by atoms with Gasteiger partial charge in [0.05, 0.1) is 17.3 Å². The van der Waals surface area contributed by atoms with E-state index in [1.807, 2.05) is 19.1 Å². The van der Waals surface area contributed by atoms with Crippen LogP contribution >= 0.6 is 0 Å². The van der Waals surface area contributed by atoms with E-state index in [-0.39, 0.29) is 11.9 Å². The van der Waals surface area contributed by atoms with Crippen molar-refractivity contribution in [1.29, 1.82) is 0 Å². The Hall–Kier alpha value is -2.23. The number of amides is 1. The van der Waals surface area contributed by atoms with Crippen LogP contribution in [0.2, 0.25) is 25.7 Å². The summed E-state index contributed by atoms with van der Waals surface area (Å²) in [7, 11) is -1.17. The molecule has 1 aromatic carbocycles. The summed E-state index contributed by atoms with van der Waals surface area (Å²) >= 11 is 0. The highest BCUT2D eigenvalue weighted by Gasteiger charge is 2.51. The number of alkyl halides is 3. The molecule has 2 aliphatic rings. The minimum absolute atomic E-state index is 0.0835. The number of aromatic nitrogens is 1. The van der Waals surface area contributed by atoms with Crippen molar-refractivity contribution in [3.63, 3.8) is 0 Å². The van der Waals surface area contributed by atoms with Gasteiger partial charge in [-0.3, -0.25) is 15.1 Å². The van der Waals surface area contributed by atoms with E-state index >= 15 is 0 Å². The van der Waals surface area contributed by atoms with Gasteiger partial charge in [-0.05, 0) is 67.6 Å². The maximum Gasteiger partial charge on any atom is 0.416 e. The van der Waals surface area contributed by atoms with E-state index < -0.39 is 25.4 Å². The zero-order valence-electron chi connectivity index (χ0n) is 20.8. The van der Waals surface area contributed by atoms with Crippen molar-refractivity contribution in [1.82, 2.24) is 15.2 Å². The van der Waals surface area contributed by atoms with Gasteiger partial charge in [-0.2, -0.15) is 13.2 Å². The molecule has 2 fully saturated rings. The minimum atomic E-state index is -4.36. The third-order valence-corrected chi connectivity index (χ3v) is 8.64. The second kappa shape index (κ2) is 9.67. The highest BCUT2D eigenvalue weighted by molar-refractivity contribution is 6.76. The molecule has 0 saturated carbocycles. The first-order valence-electron chi connectivity index (χ1n) is 12.2. The predicted molar refractivity (Wildman–Crippen MR) is 133 cm³/mol. The van der Waals surface area contributed by atoms with Crippen LogP contribution in [0.25, 0.3) is 11.1 Å². The van der Waals surface area contributed by atoms with Crippen molar-refractivity contribution in [2.24, 2.45) is 0 Å². The number of pyridine rings is 1. The van der Waals surface area contributed by atoms with E-state index in [9.17, 15) is 18.0 Å². The Morgan fingerprint density at radius 1 is 1.14 bits per heavy atom. The van der Waals surface area contributed by atoms with Crippen molar-refractivity contribution in [2.45, 2.75) is 69.6 Å². The van der Waals surface area contributed by atoms with Crippen LogP contribution in [0.1, 0.15) is 42.3 Å². The molecule has 3 heterocycles. The molecule has 9 heteroatoms. The van der Waals surface area contributed by atoms with Gasteiger partial charge in [0, 0.05) is 26.9 Å². The summed E-state index contributed by atoms with van der Waals surface area (Å²) in [5.41, 5.74) is 1.87. The van der Waals surface area contributed by atoms with Crippen LogP contribution in [0.4, 0.5) is 13.2 Å². The number of aryl methyl sites for hydroxylation is 1. The standard InChI is InChI=1S/C26H34F3N3O2Si/c1-18-15-20(19-5-7-21(8-6-19)26(27,28)29)16-23(30-18)22-9-10-25(31-22)11-12-32(24(25)33)17-34-13-14-35(2,3)4/h5-8,15-16,22,31H,9-14,17H2,1-4H3/t22-,25+/m1/s1. The fourth-order valence-corrected chi connectivity index (χ4v) is 5.62. The van der Waals surface area contributed by atoms with Crippen molar-refractivity contribution in [3.05, 3.63) is 53.3 Å². The summed E-state index contributed by atoms with van der Waals surface area (Å²) < 4.78 is 44.6. The highest BCUT2D eigenvalue weighted by atomic mass is 28.3. The number of halogens is 3. The number of nitrogens with one attached hydrogen (secondary N) is 1. The predicted octanol–water partition coefficient (Wildman–Crippen LogP) is 5.78. The molecule has 0 aliphatic carbocycles. The van der Waals surface area contributed by atoms with Gasteiger partial charge in [0.2, 0.25) is 5.91 Å². The lowest BCUT2D eigenvalue weighted by molar-refractivity contribution is -0.138. The van der Waals surface area contributed by atoms with Crippen LogP contribution < -0.4 is 5.32 Å². The number of benzene rings is 1. The normalized spacial score (nSPS) is 23.0. The molecule has 0 bridgehead atoms. The molecule has 0 unspecified atom stereocenters. The molecular weight excluding hydrogens is 471 g/mol. The number of nitrogens with zero attached hydrogens (tertiary/aromatic N) is 2. The van der Waals surface area contributed by atoms with Crippen LogP contribution in [-0.4, -0.2) is 49.3 Å². The Bertz CT molecular complexity index is 1070. The number of rotatable bonds is 7. The molecule has 190 valence electrons. The van der Waals surface area contributed by atoms with Crippen molar-refractivity contribution in [3.8, 4) is 11.1 Å². The van der Waals surface area contributed by atoms with Crippen LogP contribution in [0.3, 0.4) is 0 Å². The third-order valence-electron chi connectivity index (χ3n) is 6.93. The zero-order valence-corrected chi connectivity index (χ0v) is 21.8. The van der Waals surface area contributed by atoms with E-state index in [0.29, 0.717) is 25.4 Å². The summed E-state index contributed by atoms with van der Waals surface area (Å²) in [5.74, 6) is 0.0867. The number of hydrogen-bond acceptors (Lipinski definition) is 4. The van der Waals surface area contributed by atoms with Crippen molar-refractivity contribution < 1.29 is 22.7 Å². The maximum atomic E-state index is 13.2. The van der Waals surface area contributed by atoms with Gasteiger partial charge in [-0.25, -0.2) is 0 Å². The van der Waals surface area contributed by atoms with Gasteiger partial charge >= 0.3 is 6.18 Å². The fourth-order valence-electron chi connectivity index (χ4n) is 4.86. The van der Waals surface area contributed by atoms with Gasteiger partial charge in [-0.15, -0.1) is 0 Å². The van der Waals surface area contributed by atoms with Crippen LogP contribution in [0.5, 0.6) is 0 Å². The van der Waals surface area contributed by atoms with Crippen molar-refractivity contribution >= 4 is 14.0 Å². The number of hydrogen-bond donors (Lipinski definition) is 1. The lowest BCUT2D eigenvalue weighted by atomic mass is 9.96. The summed E-state index contributed by atoms with van der Waals surface area (Å²) in [5, 5.41) is 3.56. The Kier molecular flexibility index (Phi) is 7.14. The largest absolute Gasteiger partial charge is 0.416 e. The zero-order chi connectivity index (χ0) is 25.4. The highest BCUT2D eigenvalue weighted by Crippen LogP contribution is 2.40. The summed E-state index contributed by atoms with van der Waals surface area (Å²) in [6.45, 7) is 10.5. The molecule has 4 rings (SSSR count).